The molecule has 2 N–H and O–H groups in total. The molecule has 2 fully saturated rings. The highest BCUT2D eigenvalue weighted by molar-refractivity contribution is 5.87. The zero-order valence-electron chi connectivity index (χ0n) is 12.1. The first-order valence-corrected chi connectivity index (χ1v) is 7.10. The molecule has 2 rings (SSSR count). The second kappa shape index (κ2) is 6.30. The van der Waals surface area contributed by atoms with Crippen LogP contribution in [0.1, 0.15) is 19.3 Å². The van der Waals surface area contributed by atoms with Gasteiger partial charge in [-0.1, -0.05) is 0 Å². The lowest BCUT2D eigenvalue weighted by molar-refractivity contribution is -0.141. The van der Waals surface area contributed by atoms with Crippen molar-refractivity contribution in [2.24, 2.45) is 0 Å². The second-order valence-corrected chi connectivity index (χ2v) is 5.62. The number of likely N-dealkylation sites (N-methyl/N-ethyl adjacent to an activating group) is 1. The van der Waals surface area contributed by atoms with Crippen LogP contribution in [0.2, 0.25) is 0 Å². The number of aliphatic carboxylic acids is 1. The summed E-state index contributed by atoms with van der Waals surface area (Å²) in [6, 6.07) is -1.57. The molecule has 2 atom stereocenters. The van der Waals surface area contributed by atoms with E-state index in [0.29, 0.717) is 13.1 Å². The molecule has 0 spiro atoms. The Hall–Kier alpha value is -1.83. The zero-order valence-corrected chi connectivity index (χ0v) is 12.1. The highest BCUT2D eigenvalue weighted by Gasteiger charge is 2.40. The van der Waals surface area contributed by atoms with Crippen molar-refractivity contribution in [3.05, 3.63) is 0 Å². The molecule has 0 aromatic heterocycles. The molecular formula is C13H21N3O5. The van der Waals surface area contributed by atoms with Gasteiger partial charge in [0, 0.05) is 33.1 Å². The van der Waals surface area contributed by atoms with Gasteiger partial charge in [-0.15, -0.1) is 0 Å². The molecular weight excluding hydrogens is 278 g/mol. The van der Waals surface area contributed by atoms with E-state index in [1.165, 1.54) is 11.9 Å². The fourth-order valence-corrected chi connectivity index (χ4v) is 2.82. The van der Waals surface area contributed by atoms with Crippen molar-refractivity contribution in [2.75, 3.05) is 33.2 Å². The third kappa shape index (κ3) is 3.44. The highest BCUT2D eigenvalue weighted by Crippen LogP contribution is 2.19. The van der Waals surface area contributed by atoms with Crippen LogP contribution in [0.4, 0.5) is 4.79 Å². The van der Waals surface area contributed by atoms with E-state index >= 15 is 0 Å². The van der Waals surface area contributed by atoms with E-state index in [9.17, 15) is 19.5 Å². The van der Waals surface area contributed by atoms with Gasteiger partial charge in [-0.05, 0) is 12.8 Å². The molecule has 8 nitrogen and oxygen atoms in total. The quantitative estimate of drug-likeness (QED) is 0.709. The molecule has 3 amide bonds. The number of hydrogen-bond acceptors (Lipinski definition) is 4. The summed E-state index contributed by atoms with van der Waals surface area (Å²) in [5, 5.41) is 18.6. The lowest BCUT2D eigenvalue weighted by atomic mass is 10.2. The number of amides is 3. The van der Waals surface area contributed by atoms with Gasteiger partial charge in [-0.2, -0.15) is 0 Å². The maximum absolute atomic E-state index is 12.3. The van der Waals surface area contributed by atoms with Crippen LogP contribution >= 0.6 is 0 Å². The van der Waals surface area contributed by atoms with Gasteiger partial charge in [-0.25, -0.2) is 9.59 Å². The minimum absolute atomic E-state index is 0.0158. The Morgan fingerprint density at radius 1 is 1.24 bits per heavy atom. The van der Waals surface area contributed by atoms with Crippen LogP contribution in [-0.2, 0) is 9.59 Å². The maximum atomic E-state index is 12.3. The number of nitrogens with zero attached hydrogens (tertiary/aromatic N) is 3. The Morgan fingerprint density at radius 2 is 1.86 bits per heavy atom. The first-order chi connectivity index (χ1) is 9.90. The minimum atomic E-state index is -1.14. The molecule has 0 radical (unpaired) electrons. The van der Waals surface area contributed by atoms with Crippen molar-refractivity contribution in [3.8, 4) is 0 Å². The lowest BCUT2D eigenvalue weighted by Crippen LogP contribution is -2.49. The SMILES string of the molecule is CN(CC(=O)N1CCCC1)C(=O)N1C[C@H](O)C[C@H]1C(=O)O. The standard InChI is InChI=1S/C13H21N3O5/c1-14(8-11(18)15-4-2-3-5-15)13(21)16-7-9(17)6-10(16)12(19)20/h9-10,17H,2-8H2,1H3,(H,19,20)/t9-,10+/m1/s1. The molecule has 8 heteroatoms. The van der Waals surface area contributed by atoms with Crippen LogP contribution in [0, 0.1) is 0 Å². The van der Waals surface area contributed by atoms with Gasteiger partial charge in [0.25, 0.3) is 0 Å². The first-order valence-electron chi connectivity index (χ1n) is 7.10. The summed E-state index contributed by atoms with van der Waals surface area (Å²) in [7, 11) is 1.47. The van der Waals surface area contributed by atoms with Crippen LogP contribution in [0.15, 0.2) is 0 Å². The van der Waals surface area contributed by atoms with Crippen LogP contribution in [0.25, 0.3) is 0 Å². The summed E-state index contributed by atoms with van der Waals surface area (Å²) in [6.45, 7) is 1.33. The Morgan fingerprint density at radius 3 is 2.43 bits per heavy atom. The minimum Gasteiger partial charge on any atom is -0.480 e. The number of hydrogen-bond donors (Lipinski definition) is 2. The topological polar surface area (TPSA) is 101 Å². The first kappa shape index (κ1) is 15.6. The van der Waals surface area contributed by atoms with Gasteiger partial charge in [0.2, 0.25) is 5.91 Å². The molecule has 2 aliphatic heterocycles. The zero-order chi connectivity index (χ0) is 15.6. The summed E-state index contributed by atoms with van der Waals surface area (Å²) in [5.41, 5.74) is 0. The summed E-state index contributed by atoms with van der Waals surface area (Å²) < 4.78 is 0. The highest BCUT2D eigenvalue weighted by atomic mass is 16.4. The molecule has 2 aliphatic rings. The fourth-order valence-electron chi connectivity index (χ4n) is 2.82. The number of carbonyl (C=O) groups is 3. The van der Waals surface area contributed by atoms with E-state index in [1.54, 1.807) is 4.90 Å². The molecule has 0 saturated carbocycles. The predicted molar refractivity (Wildman–Crippen MR) is 72.6 cm³/mol. The Balaban J connectivity index is 1.94. The number of urea groups is 1. The average molecular weight is 299 g/mol. The Labute approximate surface area is 122 Å². The molecule has 0 bridgehead atoms. The number of aliphatic hydroxyl groups is 1. The van der Waals surface area contributed by atoms with E-state index in [0.717, 1.165) is 17.7 Å². The monoisotopic (exact) mass is 299 g/mol. The molecule has 0 aliphatic carbocycles. The Kier molecular flexibility index (Phi) is 4.66. The van der Waals surface area contributed by atoms with Crippen LogP contribution in [0.3, 0.4) is 0 Å². The summed E-state index contributed by atoms with van der Waals surface area (Å²) >= 11 is 0. The van der Waals surface area contributed by atoms with Crippen molar-refractivity contribution in [3.63, 3.8) is 0 Å². The third-order valence-corrected chi connectivity index (χ3v) is 3.97. The lowest BCUT2D eigenvalue weighted by Gasteiger charge is -2.28. The predicted octanol–water partition coefficient (Wildman–Crippen LogP) is -0.820. The number of carbonyl (C=O) groups excluding carboxylic acids is 2. The molecule has 0 unspecified atom stereocenters. The maximum Gasteiger partial charge on any atom is 0.326 e. The summed E-state index contributed by atoms with van der Waals surface area (Å²) in [5.74, 6) is -1.27. The van der Waals surface area contributed by atoms with Crippen molar-refractivity contribution in [1.82, 2.24) is 14.7 Å². The van der Waals surface area contributed by atoms with Crippen molar-refractivity contribution in [1.29, 1.82) is 0 Å². The van der Waals surface area contributed by atoms with E-state index in [2.05, 4.69) is 0 Å². The number of rotatable bonds is 3. The van der Waals surface area contributed by atoms with Gasteiger partial charge in [-0.3, -0.25) is 4.79 Å². The van der Waals surface area contributed by atoms with Crippen molar-refractivity contribution in [2.45, 2.75) is 31.4 Å². The number of carboxylic acids is 1. The molecule has 0 aromatic rings. The van der Waals surface area contributed by atoms with E-state index < -0.39 is 24.1 Å². The van der Waals surface area contributed by atoms with Crippen LogP contribution in [-0.4, -0.2) is 88.2 Å². The van der Waals surface area contributed by atoms with Crippen LogP contribution in [0.5, 0.6) is 0 Å². The van der Waals surface area contributed by atoms with Crippen molar-refractivity contribution >= 4 is 17.9 Å². The number of aliphatic hydroxyl groups excluding tert-OH is 1. The molecule has 2 saturated heterocycles. The molecule has 118 valence electrons. The van der Waals surface area contributed by atoms with E-state index in [-0.39, 0.29) is 25.4 Å². The van der Waals surface area contributed by atoms with Crippen LogP contribution < -0.4 is 0 Å². The number of carboxylic acid groups (broad SMARTS) is 1. The normalized spacial score (nSPS) is 25.2. The molecule has 0 aromatic carbocycles. The van der Waals surface area contributed by atoms with E-state index in [4.69, 9.17) is 5.11 Å². The van der Waals surface area contributed by atoms with Gasteiger partial charge >= 0.3 is 12.0 Å². The Bertz CT molecular complexity index is 436. The van der Waals surface area contributed by atoms with Gasteiger partial charge in [0.15, 0.2) is 0 Å². The second-order valence-electron chi connectivity index (χ2n) is 5.62. The van der Waals surface area contributed by atoms with Crippen molar-refractivity contribution < 1.29 is 24.6 Å². The molecule has 21 heavy (non-hydrogen) atoms. The fraction of sp³-hybridized carbons (Fsp3) is 0.769. The smallest absolute Gasteiger partial charge is 0.326 e. The van der Waals surface area contributed by atoms with Gasteiger partial charge in [0.1, 0.15) is 12.6 Å². The summed E-state index contributed by atoms with van der Waals surface area (Å²) in [4.78, 5) is 39.4. The van der Waals surface area contributed by atoms with E-state index in [1.807, 2.05) is 0 Å². The van der Waals surface area contributed by atoms with Gasteiger partial charge in [0.05, 0.1) is 6.10 Å². The number of β-amino-alcohol motifs (C(OH)–C–C–N with tert-alkyl or cyclic N) is 1. The summed E-state index contributed by atoms with van der Waals surface area (Å²) in [6.07, 6.45) is 1.14. The number of likely N-dealkylation sites (tertiary alicyclic amines) is 2. The molecule has 2 heterocycles. The third-order valence-electron chi connectivity index (χ3n) is 3.97. The van der Waals surface area contributed by atoms with Gasteiger partial charge < -0.3 is 24.9 Å². The largest absolute Gasteiger partial charge is 0.480 e. The average Bonchev–Trinajstić information content (AvgIpc) is 3.06.